The minimum Gasteiger partial charge on any atom is -0.446 e. The molecule has 0 aliphatic heterocycles. The lowest BCUT2D eigenvalue weighted by atomic mass is 9.94. The Morgan fingerprint density at radius 2 is 1.95 bits per heavy atom. The Hall–Kier alpha value is -0.860. The summed E-state index contributed by atoms with van der Waals surface area (Å²) in [5.74, 6) is 0. The predicted molar refractivity (Wildman–Crippen MR) is 78.4 cm³/mol. The zero-order chi connectivity index (χ0) is 16.0. The highest BCUT2D eigenvalue weighted by Crippen LogP contribution is 2.17. The average molecular weight is 309 g/mol. The lowest BCUT2D eigenvalue weighted by Crippen LogP contribution is -2.49. The molecule has 0 atom stereocenters. The van der Waals surface area contributed by atoms with Crippen LogP contribution in [-0.2, 0) is 14.9 Å². The van der Waals surface area contributed by atoms with Crippen molar-refractivity contribution in [3.8, 4) is 0 Å². The molecule has 0 spiro atoms. The van der Waals surface area contributed by atoms with Crippen molar-refractivity contribution in [3.63, 3.8) is 0 Å². The number of amides is 1. The Morgan fingerprint density at radius 1 is 1.40 bits per heavy atom. The molecule has 0 fully saturated rings. The minimum absolute atomic E-state index is 0.238. The third-order valence-electron chi connectivity index (χ3n) is 2.52. The second kappa shape index (κ2) is 7.80. The third kappa shape index (κ3) is 7.06. The zero-order valence-electron chi connectivity index (χ0n) is 13.0. The molecule has 0 aromatic rings. The molecule has 1 amide bonds. The van der Waals surface area contributed by atoms with E-state index in [2.05, 4.69) is 0 Å². The van der Waals surface area contributed by atoms with Gasteiger partial charge >= 0.3 is 16.3 Å². The van der Waals surface area contributed by atoms with Gasteiger partial charge in [0.2, 0.25) is 0 Å². The fourth-order valence-electron chi connectivity index (χ4n) is 1.48. The smallest absolute Gasteiger partial charge is 0.422 e. The highest BCUT2D eigenvalue weighted by atomic mass is 32.2. The average Bonchev–Trinajstić information content (AvgIpc) is 2.26. The van der Waals surface area contributed by atoms with Gasteiger partial charge in [-0.2, -0.15) is 12.7 Å². The molecule has 0 aliphatic carbocycles. The lowest BCUT2D eigenvalue weighted by Gasteiger charge is -2.30. The number of hydrogen-bond acceptors (Lipinski definition) is 5. The van der Waals surface area contributed by atoms with Gasteiger partial charge in [0, 0.05) is 13.1 Å². The monoisotopic (exact) mass is 309 g/mol. The Kier molecular flexibility index (Phi) is 7.46. The Bertz CT molecular complexity index is 407. The van der Waals surface area contributed by atoms with Gasteiger partial charge in [0.25, 0.3) is 0 Å². The van der Waals surface area contributed by atoms with Crippen LogP contribution in [0, 0.1) is 5.41 Å². The first kappa shape index (κ1) is 19.1. The molecule has 7 nitrogen and oxygen atoms in total. The van der Waals surface area contributed by atoms with Crippen LogP contribution in [-0.4, -0.2) is 44.6 Å². The van der Waals surface area contributed by atoms with Crippen LogP contribution in [0.1, 0.15) is 41.0 Å². The molecular formula is C12H27N3O4S. The first-order valence-electron chi connectivity index (χ1n) is 6.72. The largest absolute Gasteiger partial charge is 0.446 e. The molecular weight excluding hydrogens is 282 g/mol. The summed E-state index contributed by atoms with van der Waals surface area (Å²) in [5, 5.41) is 0. The molecule has 8 heteroatoms. The SMILES string of the molecule is CCCN(CC(C)(C)CN)S(=O)(=O)NC(=O)OC(C)C. The van der Waals surface area contributed by atoms with Gasteiger partial charge in [-0.1, -0.05) is 20.8 Å². The van der Waals surface area contributed by atoms with Crippen molar-refractivity contribution < 1.29 is 17.9 Å². The molecule has 0 bridgehead atoms. The van der Waals surface area contributed by atoms with Crippen LogP contribution in [0.5, 0.6) is 0 Å². The highest BCUT2D eigenvalue weighted by molar-refractivity contribution is 7.87. The van der Waals surface area contributed by atoms with Crippen LogP contribution >= 0.6 is 0 Å². The maximum Gasteiger partial charge on any atom is 0.422 e. The first-order chi connectivity index (χ1) is 9.04. The fourth-order valence-corrected chi connectivity index (χ4v) is 2.81. The minimum atomic E-state index is -3.92. The number of carbonyl (C=O) groups is 1. The summed E-state index contributed by atoms with van der Waals surface area (Å²) in [7, 11) is -3.92. The first-order valence-corrected chi connectivity index (χ1v) is 8.16. The number of carbonyl (C=O) groups excluding carboxylic acids is 1. The summed E-state index contributed by atoms with van der Waals surface area (Å²) in [5.41, 5.74) is 5.26. The second-order valence-corrected chi connectivity index (χ2v) is 7.43. The number of ether oxygens (including phenoxy) is 1. The van der Waals surface area contributed by atoms with E-state index in [0.29, 0.717) is 19.5 Å². The lowest BCUT2D eigenvalue weighted by molar-refractivity contribution is 0.120. The molecule has 120 valence electrons. The van der Waals surface area contributed by atoms with E-state index in [9.17, 15) is 13.2 Å². The summed E-state index contributed by atoms with van der Waals surface area (Å²) in [6.07, 6.45) is -0.710. The normalized spacial score (nSPS) is 12.8. The number of nitrogens with two attached hydrogens (primary N) is 1. The molecule has 0 saturated carbocycles. The molecule has 0 rings (SSSR count). The molecule has 0 aromatic heterocycles. The van der Waals surface area contributed by atoms with Crippen molar-refractivity contribution >= 4 is 16.3 Å². The van der Waals surface area contributed by atoms with Crippen LogP contribution in [0.15, 0.2) is 0 Å². The quantitative estimate of drug-likeness (QED) is 0.698. The summed E-state index contributed by atoms with van der Waals surface area (Å²) in [4.78, 5) is 11.4. The van der Waals surface area contributed by atoms with Gasteiger partial charge in [0.15, 0.2) is 0 Å². The molecule has 0 unspecified atom stereocenters. The maximum absolute atomic E-state index is 12.2. The Morgan fingerprint density at radius 3 is 2.35 bits per heavy atom. The van der Waals surface area contributed by atoms with Crippen molar-refractivity contribution in [1.82, 2.24) is 9.03 Å². The molecule has 0 saturated heterocycles. The number of nitrogens with one attached hydrogen (secondary N) is 1. The van der Waals surface area contributed by atoms with Crippen molar-refractivity contribution in [2.24, 2.45) is 11.1 Å². The maximum atomic E-state index is 12.2. The number of hydrogen-bond donors (Lipinski definition) is 2. The van der Waals surface area contributed by atoms with E-state index in [1.165, 1.54) is 4.31 Å². The summed E-state index contributed by atoms with van der Waals surface area (Å²) >= 11 is 0. The summed E-state index contributed by atoms with van der Waals surface area (Å²) < 4.78 is 32.3. The molecule has 0 aromatic carbocycles. The molecule has 0 aliphatic rings. The van der Waals surface area contributed by atoms with Gasteiger partial charge in [0.05, 0.1) is 6.10 Å². The zero-order valence-corrected chi connectivity index (χ0v) is 13.8. The fraction of sp³-hybridized carbons (Fsp3) is 0.917. The van der Waals surface area contributed by atoms with Gasteiger partial charge in [-0.25, -0.2) is 9.52 Å². The Labute approximate surface area is 122 Å². The van der Waals surface area contributed by atoms with Gasteiger partial charge in [0.1, 0.15) is 0 Å². The van der Waals surface area contributed by atoms with Gasteiger partial charge < -0.3 is 10.5 Å². The van der Waals surface area contributed by atoms with E-state index in [-0.39, 0.29) is 18.1 Å². The van der Waals surface area contributed by atoms with E-state index >= 15 is 0 Å². The van der Waals surface area contributed by atoms with Crippen molar-refractivity contribution in [3.05, 3.63) is 0 Å². The number of nitrogens with zero attached hydrogens (tertiary/aromatic N) is 1. The standard InChI is InChI=1S/C12H27N3O4S/c1-6-7-15(9-12(4,5)8-13)20(17,18)14-11(16)19-10(2)3/h10H,6-9,13H2,1-5H3,(H,14,16). The van der Waals surface area contributed by atoms with Crippen LogP contribution in [0.25, 0.3) is 0 Å². The topological polar surface area (TPSA) is 102 Å². The molecule has 20 heavy (non-hydrogen) atoms. The highest BCUT2D eigenvalue weighted by Gasteiger charge is 2.30. The van der Waals surface area contributed by atoms with E-state index < -0.39 is 16.3 Å². The molecule has 0 radical (unpaired) electrons. The van der Waals surface area contributed by atoms with Gasteiger partial charge in [-0.3, -0.25) is 0 Å². The summed E-state index contributed by atoms with van der Waals surface area (Å²) in [6.45, 7) is 9.80. The third-order valence-corrected chi connectivity index (χ3v) is 3.94. The summed E-state index contributed by atoms with van der Waals surface area (Å²) in [6, 6.07) is 0. The van der Waals surface area contributed by atoms with Gasteiger partial charge in [-0.15, -0.1) is 0 Å². The number of rotatable bonds is 8. The van der Waals surface area contributed by atoms with E-state index in [4.69, 9.17) is 10.5 Å². The molecule has 0 heterocycles. The van der Waals surface area contributed by atoms with Gasteiger partial charge in [-0.05, 0) is 32.2 Å². The van der Waals surface area contributed by atoms with E-state index in [1.807, 2.05) is 25.5 Å². The van der Waals surface area contributed by atoms with Crippen molar-refractivity contribution in [2.75, 3.05) is 19.6 Å². The van der Waals surface area contributed by atoms with Crippen molar-refractivity contribution in [2.45, 2.75) is 47.1 Å². The van der Waals surface area contributed by atoms with E-state index in [0.717, 1.165) is 0 Å². The van der Waals surface area contributed by atoms with Crippen LogP contribution in [0.4, 0.5) is 4.79 Å². The van der Waals surface area contributed by atoms with Crippen LogP contribution in [0.3, 0.4) is 0 Å². The molecule has 3 N–H and O–H groups in total. The predicted octanol–water partition coefficient (Wildman–Crippen LogP) is 1.06. The van der Waals surface area contributed by atoms with Crippen LogP contribution in [0.2, 0.25) is 0 Å². The Balaban J connectivity index is 4.93. The van der Waals surface area contributed by atoms with E-state index in [1.54, 1.807) is 13.8 Å². The van der Waals surface area contributed by atoms with Crippen molar-refractivity contribution in [1.29, 1.82) is 0 Å². The van der Waals surface area contributed by atoms with Crippen LogP contribution < -0.4 is 10.5 Å². The second-order valence-electron chi connectivity index (χ2n) is 5.76.